The van der Waals surface area contributed by atoms with Gasteiger partial charge in [0.25, 0.3) is 0 Å². The number of aromatic nitrogens is 1. The van der Waals surface area contributed by atoms with Gasteiger partial charge < -0.3 is 9.90 Å². The van der Waals surface area contributed by atoms with E-state index in [2.05, 4.69) is 96.0 Å². The summed E-state index contributed by atoms with van der Waals surface area (Å²) in [6.45, 7) is 0. The van der Waals surface area contributed by atoms with Crippen molar-refractivity contribution < 1.29 is 9.90 Å². The zero-order valence-electron chi connectivity index (χ0n) is 15.1. The molecule has 0 saturated carbocycles. The molecule has 3 nitrogen and oxygen atoms in total. The molecule has 138 valence electrons. The molecule has 0 aliphatic carbocycles. The van der Waals surface area contributed by atoms with E-state index in [1.807, 2.05) is 0 Å². The van der Waals surface area contributed by atoms with Gasteiger partial charge in [-0.2, -0.15) is 0 Å². The van der Waals surface area contributed by atoms with Crippen molar-refractivity contribution >= 4 is 16.9 Å². The summed E-state index contributed by atoms with van der Waals surface area (Å²) in [5, 5.41) is 10.0. The minimum Gasteiger partial charge on any atom is -0.543 e. The van der Waals surface area contributed by atoms with E-state index in [9.17, 15) is 9.90 Å². The maximum Gasteiger partial charge on any atom is 0.166 e. The Labute approximate surface area is 167 Å². The van der Waals surface area contributed by atoms with E-state index in [0.717, 1.165) is 0 Å². The van der Waals surface area contributed by atoms with Gasteiger partial charge in [0.1, 0.15) is 0 Å². The van der Waals surface area contributed by atoms with Gasteiger partial charge in [-0.1, -0.05) is 60.7 Å². The fraction of sp³-hybridized carbons (Fsp3) is 0. The lowest BCUT2D eigenvalue weighted by Crippen LogP contribution is -2.23. The molecule has 0 saturated heterocycles. The van der Waals surface area contributed by atoms with Crippen molar-refractivity contribution in [3.63, 3.8) is 0 Å². The van der Waals surface area contributed by atoms with Crippen LogP contribution in [0.5, 0.6) is 0 Å². The van der Waals surface area contributed by atoms with E-state index in [0.29, 0.717) is 0 Å². The number of carbonyl (C=O) groups is 1. The van der Waals surface area contributed by atoms with Gasteiger partial charge in [0.05, 0.1) is 22.6 Å². The quantitative estimate of drug-likeness (QED) is 0.494. The number of hydrogen-bond acceptors (Lipinski definition) is 3. The molecule has 1 aromatic heterocycles. The highest BCUT2D eigenvalue weighted by Crippen LogP contribution is 2.30. The minimum atomic E-state index is -1.24. The van der Waals surface area contributed by atoms with Crippen molar-refractivity contribution in [3.8, 4) is 0 Å². The lowest BCUT2D eigenvalue weighted by atomic mass is 10.4. The first kappa shape index (κ1) is 19.4. The Morgan fingerprint density at radius 3 is 1.29 bits per heavy atom. The molecular weight excluding hydrogens is 366 g/mol. The summed E-state index contributed by atoms with van der Waals surface area (Å²) in [6, 6.07) is 36.8. The topological polar surface area (TPSA) is 53.0 Å². The lowest BCUT2D eigenvalue weighted by molar-refractivity contribution is -0.255. The highest BCUT2D eigenvalue weighted by molar-refractivity contribution is 7.97. The Balaban J connectivity index is 0.000000211. The molecule has 0 aliphatic heterocycles. The van der Waals surface area contributed by atoms with Crippen LogP contribution in [0.25, 0.3) is 0 Å². The summed E-state index contributed by atoms with van der Waals surface area (Å²) in [4.78, 5) is 17.6. The number of carboxylic acids is 1. The minimum absolute atomic E-state index is 0.0146. The molecule has 4 aromatic rings. The Kier molecular flexibility index (Phi) is 6.99. The predicted molar refractivity (Wildman–Crippen MR) is 110 cm³/mol. The Bertz CT molecular complexity index is 884. The number of rotatable bonds is 4. The van der Waals surface area contributed by atoms with Crippen LogP contribution in [-0.2, 0) is 10.9 Å². The van der Waals surface area contributed by atoms with E-state index in [1.54, 1.807) is 12.1 Å². The third kappa shape index (κ3) is 5.32. The zero-order valence-corrected chi connectivity index (χ0v) is 16.0. The molecule has 28 heavy (non-hydrogen) atoms. The van der Waals surface area contributed by atoms with Crippen molar-refractivity contribution in [1.29, 1.82) is 0 Å². The monoisotopic (exact) mass is 385 g/mol. The van der Waals surface area contributed by atoms with E-state index in [1.165, 1.54) is 26.9 Å². The van der Waals surface area contributed by atoms with Crippen LogP contribution in [-0.4, -0.2) is 11.0 Å². The SMILES string of the molecule is O=C([O-])c1ccccn1.c1ccc([S+](c2ccccc2)c2ccccc2)cc1. The van der Waals surface area contributed by atoms with Gasteiger partial charge in [-0.05, 0) is 48.5 Å². The summed E-state index contributed by atoms with van der Waals surface area (Å²) in [5.74, 6) is -1.24. The standard InChI is InChI=1S/C18H15S.C6H5NO2/c1-4-10-16(11-5-1)19(17-12-6-2-7-13-17)18-14-8-3-9-15-18;8-6(9)5-3-1-2-4-7-5/h1-15H;1-4H,(H,8,9)/q+1;/p-1. The normalized spacial score (nSPS) is 10.0. The third-order valence-corrected chi connectivity index (χ3v) is 6.04. The number of aromatic carboxylic acids is 1. The Hall–Kier alpha value is -3.37. The van der Waals surface area contributed by atoms with Crippen molar-refractivity contribution in [1.82, 2.24) is 4.98 Å². The first-order chi connectivity index (χ1) is 13.8. The van der Waals surface area contributed by atoms with Gasteiger partial charge in [0, 0.05) is 6.20 Å². The molecule has 1 heterocycles. The fourth-order valence-corrected chi connectivity index (χ4v) is 4.67. The Morgan fingerprint density at radius 1 is 0.607 bits per heavy atom. The van der Waals surface area contributed by atoms with Gasteiger partial charge >= 0.3 is 0 Å². The summed E-state index contributed by atoms with van der Waals surface area (Å²) < 4.78 is 0. The highest BCUT2D eigenvalue weighted by Gasteiger charge is 2.27. The lowest BCUT2D eigenvalue weighted by Gasteiger charge is -2.07. The van der Waals surface area contributed by atoms with Gasteiger partial charge in [0.2, 0.25) is 0 Å². The number of nitrogens with zero attached hydrogens (tertiary/aromatic N) is 1. The molecule has 0 amide bonds. The van der Waals surface area contributed by atoms with Crippen molar-refractivity contribution in [2.24, 2.45) is 0 Å². The summed E-state index contributed by atoms with van der Waals surface area (Å²) in [7, 11) is -0.0146. The van der Waals surface area contributed by atoms with Crippen LogP contribution in [0.3, 0.4) is 0 Å². The van der Waals surface area contributed by atoms with E-state index in [-0.39, 0.29) is 16.6 Å². The second-order valence-corrected chi connectivity index (χ2v) is 7.77. The molecule has 0 atom stereocenters. The summed E-state index contributed by atoms with van der Waals surface area (Å²) in [5.41, 5.74) is -0.0301. The maximum absolute atomic E-state index is 10.0. The van der Waals surface area contributed by atoms with Gasteiger partial charge in [-0.25, -0.2) is 0 Å². The fourth-order valence-electron chi connectivity index (χ4n) is 2.56. The number of hydrogen-bond donors (Lipinski definition) is 0. The van der Waals surface area contributed by atoms with E-state index < -0.39 is 5.97 Å². The third-order valence-electron chi connectivity index (χ3n) is 3.81. The molecule has 4 rings (SSSR count). The van der Waals surface area contributed by atoms with Crippen LogP contribution in [0.4, 0.5) is 0 Å². The zero-order chi connectivity index (χ0) is 19.6. The Morgan fingerprint density at radius 2 is 1.00 bits per heavy atom. The highest BCUT2D eigenvalue weighted by atomic mass is 32.2. The molecule has 0 N–H and O–H groups in total. The van der Waals surface area contributed by atoms with E-state index >= 15 is 0 Å². The average molecular weight is 385 g/mol. The number of pyridine rings is 1. The van der Waals surface area contributed by atoms with Crippen LogP contribution in [0.1, 0.15) is 10.5 Å². The molecular formula is C24H19NO2S. The van der Waals surface area contributed by atoms with E-state index in [4.69, 9.17) is 0 Å². The second-order valence-electron chi connectivity index (χ2n) is 5.75. The molecule has 3 aromatic carbocycles. The first-order valence-corrected chi connectivity index (χ1v) is 10.00. The average Bonchev–Trinajstić information content (AvgIpc) is 2.77. The van der Waals surface area contributed by atoms with Crippen molar-refractivity contribution in [2.45, 2.75) is 14.7 Å². The number of carboxylic acid groups (broad SMARTS) is 1. The molecule has 0 aliphatic rings. The molecule has 0 spiro atoms. The predicted octanol–water partition coefficient (Wildman–Crippen LogP) is 4.23. The largest absolute Gasteiger partial charge is 0.543 e. The van der Waals surface area contributed by atoms with Crippen LogP contribution >= 0.6 is 0 Å². The van der Waals surface area contributed by atoms with Gasteiger partial charge in [-0.3, -0.25) is 4.98 Å². The molecule has 0 fully saturated rings. The summed E-state index contributed by atoms with van der Waals surface area (Å²) >= 11 is 0. The van der Waals surface area contributed by atoms with Crippen molar-refractivity contribution in [3.05, 3.63) is 121 Å². The van der Waals surface area contributed by atoms with Crippen LogP contribution in [0, 0.1) is 0 Å². The first-order valence-electron chi connectivity index (χ1n) is 8.77. The van der Waals surface area contributed by atoms with Gasteiger partial charge in [-0.15, -0.1) is 0 Å². The van der Waals surface area contributed by atoms with Gasteiger partial charge in [0.15, 0.2) is 14.7 Å². The maximum atomic E-state index is 10.0. The van der Waals surface area contributed by atoms with Crippen LogP contribution < -0.4 is 5.11 Å². The molecule has 0 unspecified atom stereocenters. The van der Waals surface area contributed by atoms with Crippen LogP contribution in [0.2, 0.25) is 0 Å². The summed E-state index contributed by atoms with van der Waals surface area (Å²) in [6.07, 6.45) is 1.41. The molecule has 0 radical (unpaired) electrons. The number of benzene rings is 3. The smallest absolute Gasteiger partial charge is 0.166 e. The molecule has 4 heteroatoms. The van der Waals surface area contributed by atoms with Crippen molar-refractivity contribution in [2.75, 3.05) is 0 Å². The molecule has 0 bridgehead atoms. The number of carbonyl (C=O) groups excluding carboxylic acids is 1. The van der Waals surface area contributed by atoms with Crippen LogP contribution in [0.15, 0.2) is 130 Å². The second kappa shape index (κ2) is 10.1.